The molecular weight excluding hydrogens is 351 g/mol. The lowest BCUT2D eigenvalue weighted by molar-refractivity contribution is -0.115. The Bertz CT molecular complexity index is 767. The first-order valence-corrected chi connectivity index (χ1v) is 9.57. The zero-order valence-electron chi connectivity index (χ0n) is 14.9. The number of anilines is 1. The van der Waals surface area contributed by atoms with Crippen molar-refractivity contribution in [2.75, 3.05) is 11.1 Å². The number of carbonyl (C=O) groups excluding carboxylic acids is 2. The van der Waals surface area contributed by atoms with Crippen molar-refractivity contribution < 1.29 is 14.0 Å². The third kappa shape index (κ3) is 5.88. The zero-order chi connectivity index (χ0) is 18.9. The van der Waals surface area contributed by atoms with Crippen molar-refractivity contribution in [3.63, 3.8) is 0 Å². The molecule has 4 nitrogen and oxygen atoms in total. The van der Waals surface area contributed by atoms with Crippen LogP contribution in [0.25, 0.3) is 0 Å². The highest BCUT2D eigenvalue weighted by atomic mass is 32.2. The fourth-order valence-electron chi connectivity index (χ4n) is 2.22. The van der Waals surface area contributed by atoms with Crippen LogP contribution in [0.1, 0.15) is 37.0 Å². The Hall–Kier alpha value is -2.34. The molecule has 2 rings (SSSR count). The predicted octanol–water partition coefficient (Wildman–Crippen LogP) is 4.47. The van der Waals surface area contributed by atoms with Gasteiger partial charge in [-0.25, -0.2) is 4.39 Å². The van der Waals surface area contributed by atoms with Gasteiger partial charge < -0.3 is 10.6 Å². The minimum Gasteiger partial charge on any atom is -0.350 e. The SMILES string of the molecule is CCC(C)NC(=O)c1ccccc1NC(=O)CCSc1ccccc1F. The van der Waals surface area contributed by atoms with E-state index in [1.54, 1.807) is 42.5 Å². The van der Waals surface area contributed by atoms with Crippen molar-refractivity contribution in [1.29, 1.82) is 0 Å². The van der Waals surface area contributed by atoms with Crippen LogP contribution in [0.15, 0.2) is 53.4 Å². The summed E-state index contributed by atoms with van der Waals surface area (Å²) in [6.45, 7) is 3.92. The second-order valence-corrected chi connectivity index (χ2v) is 7.04. The molecule has 0 spiro atoms. The van der Waals surface area contributed by atoms with Crippen LogP contribution in [-0.2, 0) is 4.79 Å². The largest absolute Gasteiger partial charge is 0.350 e. The fourth-order valence-corrected chi connectivity index (χ4v) is 3.11. The minimum atomic E-state index is -0.287. The molecule has 0 saturated heterocycles. The Labute approximate surface area is 157 Å². The van der Waals surface area contributed by atoms with Gasteiger partial charge in [-0.15, -0.1) is 11.8 Å². The van der Waals surface area contributed by atoms with E-state index in [9.17, 15) is 14.0 Å². The minimum absolute atomic E-state index is 0.0587. The average Bonchev–Trinajstić information content (AvgIpc) is 2.63. The third-order valence-electron chi connectivity index (χ3n) is 3.86. The maximum atomic E-state index is 13.6. The second kappa shape index (κ2) is 9.97. The molecule has 2 aromatic rings. The van der Waals surface area contributed by atoms with Gasteiger partial charge in [0.25, 0.3) is 5.91 Å². The van der Waals surface area contributed by atoms with E-state index in [-0.39, 0.29) is 30.1 Å². The van der Waals surface area contributed by atoms with Gasteiger partial charge in [0.2, 0.25) is 5.91 Å². The highest BCUT2D eigenvalue weighted by molar-refractivity contribution is 7.99. The number of amides is 2. The molecule has 0 heterocycles. The topological polar surface area (TPSA) is 58.2 Å². The number of thioether (sulfide) groups is 1. The van der Waals surface area contributed by atoms with Crippen molar-refractivity contribution in [2.24, 2.45) is 0 Å². The lowest BCUT2D eigenvalue weighted by Crippen LogP contribution is -2.32. The van der Waals surface area contributed by atoms with Gasteiger partial charge >= 0.3 is 0 Å². The van der Waals surface area contributed by atoms with Gasteiger partial charge in [-0.05, 0) is 37.6 Å². The van der Waals surface area contributed by atoms with Crippen molar-refractivity contribution in [1.82, 2.24) is 5.32 Å². The van der Waals surface area contributed by atoms with Crippen molar-refractivity contribution in [2.45, 2.75) is 37.6 Å². The van der Waals surface area contributed by atoms with Gasteiger partial charge in [0.1, 0.15) is 5.82 Å². The monoisotopic (exact) mass is 374 g/mol. The van der Waals surface area contributed by atoms with Gasteiger partial charge in [0.15, 0.2) is 0 Å². The zero-order valence-corrected chi connectivity index (χ0v) is 15.7. The number of halogens is 1. The van der Waals surface area contributed by atoms with Gasteiger partial charge in [0.05, 0.1) is 11.3 Å². The van der Waals surface area contributed by atoms with Crippen LogP contribution in [0.5, 0.6) is 0 Å². The first-order valence-electron chi connectivity index (χ1n) is 8.58. The quantitative estimate of drug-likeness (QED) is 0.670. The van der Waals surface area contributed by atoms with E-state index in [0.29, 0.717) is 21.9 Å². The van der Waals surface area contributed by atoms with Crippen LogP contribution >= 0.6 is 11.8 Å². The Morgan fingerprint density at radius 2 is 1.81 bits per heavy atom. The predicted molar refractivity (Wildman–Crippen MR) is 104 cm³/mol. The highest BCUT2D eigenvalue weighted by Gasteiger charge is 2.14. The molecule has 0 aliphatic rings. The lowest BCUT2D eigenvalue weighted by Gasteiger charge is -2.14. The van der Waals surface area contributed by atoms with E-state index >= 15 is 0 Å². The summed E-state index contributed by atoms with van der Waals surface area (Å²) in [7, 11) is 0. The van der Waals surface area contributed by atoms with Gasteiger partial charge in [-0.3, -0.25) is 9.59 Å². The molecule has 0 aromatic heterocycles. The Morgan fingerprint density at radius 1 is 1.12 bits per heavy atom. The lowest BCUT2D eigenvalue weighted by atomic mass is 10.1. The molecule has 26 heavy (non-hydrogen) atoms. The summed E-state index contributed by atoms with van der Waals surface area (Å²) in [6, 6.07) is 13.4. The molecule has 2 N–H and O–H groups in total. The maximum Gasteiger partial charge on any atom is 0.253 e. The third-order valence-corrected chi connectivity index (χ3v) is 4.91. The molecule has 1 atom stereocenters. The smallest absolute Gasteiger partial charge is 0.253 e. The molecule has 0 aliphatic heterocycles. The van der Waals surface area contributed by atoms with Crippen LogP contribution in [0.2, 0.25) is 0 Å². The summed E-state index contributed by atoms with van der Waals surface area (Å²) in [5.74, 6) is -0.257. The summed E-state index contributed by atoms with van der Waals surface area (Å²) in [4.78, 5) is 25.1. The molecule has 2 amide bonds. The molecule has 0 bridgehead atoms. The van der Waals surface area contributed by atoms with Crippen LogP contribution in [0, 0.1) is 5.82 Å². The Kier molecular flexibility index (Phi) is 7.66. The molecule has 0 fully saturated rings. The summed E-state index contributed by atoms with van der Waals surface area (Å²) < 4.78 is 13.6. The van der Waals surface area contributed by atoms with Crippen LogP contribution < -0.4 is 10.6 Å². The van der Waals surface area contributed by atoms with Crippen molar-refractivity contribution in [3.05, 3.63) is 59.9 Å². The molecule has 0 saturated carbocycles. The Morgan fingerprint density at radius 3 is 2.54 bits per heavy atom. The number of benzene rings is 2. The molecule has 0 aliphatic carbocycles. The number of rotatable bonds is 8. The number of carbonyl (C=O) groups is 2. The molecule has 138 valence electrons. The van der Waals surface area contributed by atoms with Gasteiger partial charge in [0, 0.05) is 23.1 Å². The highest BCUT2D eigenvalue weighted by Crippen LogP contribution is 2.22. The fraction of sp³-hybridized carbons (Fsp3) is 0.300. The average molecular weight is 374 g/mol. The molecule has 6 heteroatoms. The summed E-state index contributed by atoms with van der Waals surface area (Å²) >= 11 is 1.29. The normalized spacial score (nSPS) is 11.7. The summed E-state index contributed by atoms with van der Waals surface area (Å²) in [6.07, 6.45) is 1.05. The van der Waals surface area contributed by atoms with E-state index in [2.05, 4.69) is 10.6 Å². The van der Waals surface area contributed by atoms with Crippen LogP contribution in [0.4, 0.5) is 10.1 Å². The van der Waals surface area contributed by atoms with Crippen LogP contribution in [0.3, 0.4) is 0 Å². The van der Waals surface area contributed by atoms with E-state index in [0.717, 1.165) is 6.42 Å². The number of hydrogen-bond acceptors (Lipinski definition) is 3. The first kappa shape index (κ1) is 20.0. The van der Waals surface area contributed by atoms with Crippen molar-refractivity contribution in [3.8, 4) is 0 Å². The molecular formula is C20H23FN2O2S. The summed E-state index contributed by atoms with van der Waals surface area (Å²) in [5, 5.41) is 5.67. The van der Waals surface area contributed by atoms with E-state index < -0.39 is 0 Å². The summed E-state index contributed by atoms with van der Waals surface area (Å²) in [5.41, 5.74) is 0.914. The van der Waals surface area contributed by atoms with Crippen molar-refractivity contribution >= 4 is 29.3 Å². The van der Waals surface area contributed by atoms with Crippen LogP contribution in [-0.4, -0.2) is 23.6 Å². The molecule has 1 unspecified atom stereocenters. The van der Waals surface area contributed by atoms with E-state index in [1.165, 1.54) is 17.8 Å². The Balaban J connectivity index is 1.92. The van der Waals surface area contributed by atoms with E-state index in [1.807, 2.05) is 13.8 Å². The standard InChI is InChI=1S/C20H23FN2O2S/c1-3-14(2)22-20(25)15-8-4-6-10-17(15)23-19(24)12-13-26-18-11-7-5-9-16(18)21/h4-11,14H,3,12-13H2,1-2H3,(H,22,25)(H,23,24). The number of nitrogens with one attached hydrogen (secondary N) is 2. The molecule has 2 aromatic carbocycles. The van der Waals surface area contributed by atoms with E-state index in [4.69, 9.17) is 0 Å². The first-order chi connectivity index (χ1) is 12.5. The number of hydrogen-bond donors (Lipinski definition) is 2. The maximum absolute atomic E-state index is 13.6. The van der Waals surface area contributed by atoms with Gasteiger partial charge in [-0.1, -0.05) is 31.2 Å². The molecule has 0 radical (unpaired) electrons. The van der Waals surface area contributed by atoms with Gasteiger partial charge in [-0.2, -0.15) is 0 Å². The number of para-hydroxylation sites is 1. The second-order valence-electron chi connectivity index (χ2n) is 5.91.